The molecule has 0 radical (unpaired) electrons. The van der Waals surface area contributed by atoms with Gasteiger partial charge in [0.15, 0.2) is 8.56 Å². The molecule has 0 aromatic carbocycles. The van der Waals surface area contributed by atoms with Crippen molar-refractivity contribution < 1.29 is 4.43 Å². The van der Waals surface area contributed by atoms with Crippen LogP contribution in [0.25, 0.3) is 0 Å². The van der Waals surface area contributed by atoms with Crippen LogP contribution in [-0.2, 0) is 4.43 Å². The highest BCUT2D eigenvalue weighted by atomic mass is 29.6. The van der Waals surface area contributed by atoms with Gasteiger partial charge in [-0.2, -0.15) is 0 Å². The zero-order chi connectivity index (χ0) is 8.70. The van der Waals surface area contributed by atoms with E-state index in [-0.39, 0.29) is 14.2 Å². The van der Waals surface area contributed by atoms with Crippen LogP contribution >= 0.6 is 0 Å². The lowest BCUT2D eigenvalue weighted by Gasteiger charge is -2.42. The van der Waals surface area contributed by atoms with Crippen LogP contribution < -0.4 is 0 Å². The zero-order valence-corrected chi connectivity index (χ0v) is 12.0. The van der Waals surface area contributed by atoms with Gasteiger partial charge in [0.25, 0.3) is 0 Å². The van der Waals surface area contributed by atoms with Crippen molar-refractivity contribution in [1.29, 1.82) is 0 Å². The molecule has 1 nitrogen and oxygen atoms in total. The monoisotopic (exact) mass is 204 g/mol. The van der Waals surface area contributed by atoms with Crippen molar-refractivity contribution in [3.63, 3.8) is 0 Å². The van der Waals surface area contributed by atoms with Gasteiger partial charge in [-0.1, -0.05) is 19.6 Å². The minimum Gasteiger partial charge on any atom is -0.420 e. The van der Waals surface area contributed by atoms with E-state index in [1.807, 2.05) is 0 Å². The van der Waals surface area contributed by atoms with Crippen molar-refractivity contribution in [3.8, 4) is 0 Å². The minimum absolute atomic E-state index is 0.243. The quantitative estimate of drug-likeness (QED) is 0.536. The van der Waals surface area contributed by atoms with E-state index in [1.165, 1.54) is 6.04 Å². The van der Waals surface area contributed by atoms with Gasteiger partial charge < -0.3 is 4.43 Å². The highest BCUT2D eigenvalue weighted by molar-refractivity contribution is 7.46. The molecule has 1 aliphatic rings. The molecule has 0 aromatic rings. The molecule has 0 aromatic heterocycles. The molecule has 0 spiro atoms. The Morgan fingerprint density at radius 2 is 2.00 bits per heavy atom. The van der Waals surface area contributed by atoms with Gasteiger partial charge in [0.05, 0.1) is 0 Å². The van der Waals surface area contributed by atoms with Crippen LogP contribution in [0.5, 0.6) is 0 Å². The molecule has 1 unspecified atom stereocenters. The van der Waals surface area contributed by atoms with Gasteiger partial charge in [0.1, 0.15) is 0 Å². The highest BCUT2D eigenvalue weighted by Gasteiger charge is 2.39. The van der Waals surface area contributed by atoms with Crippen LogP contribution in [0.2, 0.25) is 25.7 Å². The van der Waals surface area contributed by atoms with Crippen molar-refractivity contribution in [2.75, 3.05) is 0 Å². The van der Waals surface area contributed by atoms with E-state index in [1.54, 1.807) is 0 Å². The summed E-state index contributed by atoms with van der Waals surface area (Å²) in [6.07, 6.45) is 0. The fraction of sp³-hybridized carbons (Fsp3) is 1.00. The number of hydrogen-bond donors (Lipinski definition) is 0. The first-order chi connectivity index (χ1) is 4.81. The first kappa shape index (κ1) is 9.70. The second-order valence-electron chi connectivity index (χ2n) is 5.23. The highest BCUT2D eigenvalue weighted by Crippen LogP contribution is 2.28. The summed E-state index contributed by atoms with van der Waals surface area (Å²) in [6.45, 7) is 12.1. The largest absolute Gasteiger partial charge is 0.420 e. The predicted octanol–water partition coefficient (Wildman–Crippen LogP) is 1.02. The van der Waals surface area contributed by atoms with Gasteiger partial charge in [-0.25, -0.2) is 0 Å². The molecule has 0 bridgehead atoms. The van der Waals surface area contributed by atoms with E-state index in [4.69, 9.17) is 4.43 Å². The summed E-state index contributed by atoms with van der Waals surface area (Å²) in [6, 6.07) is 1.41. The first-order valence-corrected chi connectivity index (χ1v) is 14.9. The summed E-state index contributed by atoms with van der Waals surface area (Å²) in [4.78, 5) is 0. The molecule has 0 saturated carbocycles. The Balaban J connectivity index is 2.66. The average molecular weight is 204 g/mol. The van der Waals surface area contributed by atoms with Crippen LogP contribution in [0.3, 0.4) is 0 Å². The van der Waals surface area contributed by atoms with Gasteiger partial charge >= 0.3 is 0 Å². The normalized spacial score (nSPS) is 37.4. The number of rotatable bonds is 0. The van der Waals surface area contributed by atoms with Gasteiger partial charge in [0.2, 0.25) is 0 Å². The Morgan fingerprint density at radius 3 is 2.36 bits per heavy atom. The van der Waals surface area contributed by atoms with Crippen LogP contribution in [0.15, 0.2) is 0 Å². The Morgan fingerprint density at radius 1 is 1.45 bits per heavy atom. The third kappa shape index (κ3) is 2.85. The van der Waals surface area contributed by atoms with E-state index in [0.717, 1.165) is 0 Å². The second-order valence-corrected chi connectivity index (χ2v) is 26.3. The van der Waals surface area contributed by atoms with Crippen molar-refractivity contribution in [1.82, 2.24) is 0 Å². The third-order valence-electron chi connectivity index (χ3n) is 2.26. The maximum Gasteiger partial charge on any atom is 0.153 e. The van der Waals surface area contributed by atoms with E-state index >= 15 is 0 Å². The van der Waals surface area contributed by atoms with Crippen LogP contribution in [0.1, 0.15) is 13.8 Å². The summed E-state index contributed by atoms with van der Waals surface area (Å²) in [7, 11) is -1.11. The van der Waals surface area contributed by atoms with Crippen molar-refractivity contribution in [2.24, 2.45) is 0 Å². The molecule has 0 N–H and O–H groups in total. The average Bonchev–Trinajstić information content (AvgIpc) is 1.49. The first-order valence-electron chi connectivity index (χ1n) is 4.49. The predicted molar refractivity (Wildman–Crippen MR) is 59.0 cm³/mol. The molecule has 0 aliphatic carbocycles. The van der Waals surface area contributed by atoms with Gasteiger partial charge in [0, 0.05) is 21.7 Å². The van der Waals surface area contributed by atoms with Crippen molar-refractivity contribution in [2.45, 2.75) is 45.1 Å². The molecule has 1 atom stereocenters. The van der Waals surface area contributed by atoms with E-state index in [2.05, 4.69) is 33.5 Å². The van der Waals surface area contributed by atoms with Crippen molar-refractivity contribution in [3.05, 3.63) is 0 Å². The van der Waals surface area contributed by atoms with E-state index < -0.39 is 16.1 Å². The number of hydrogen-bond acceptors (Lipinski definition) is 1. The summed E-state index contributed by atoms with van der Waals surface area (Å²) in [5.41, 5.74) is 0.243. The lowest BCUT2D eigenvalue weighted by atomic mass is 10.2. The van der Waals surface area contributed by atoms with Crippen LogP contribution in [-0.4, -0.2) is 30.3 Å². The molecule has 1 rings (SSSR count). The van der Waals surface area contributed by atoms with Crippen LogP contribution in [0.4, 0.5) is 0 Å². The Kier molecular flexibility index (Phi) is 2.49. The lowest BCUT2D eigenvalue weighted by molar-refractivity contribution is 0.132. The zero-order valence-electron chi connectivity index (χ0n) is 8.40. The lowest BCUT2D eigenvalue weighted by Crippen LogP contribution is -2.56. The van der Waals surface area contributed by atoms with Gasteiger partial charge in [-0.3, -0.25) is 0 Å². The summed E-state index contributed by atoms with van der Waals surface area (Å²) < 4.78 is 6.04. The fourth-order valence-corrected chi connectivity index (χ4v) is 32.7. The molecule has 1 fully saturated rings. The molecule has 1 saturated heterocycles. The maximum atomic E-state index is 6.04. The molecule has 1 heterocycles. The molecule has 0 amide bonds. The van der Waals surface area contributed by atoms with E-state index in [9.17, 15) is 0 Å². The summed E-state index contributed by atoms with van der Waals surface area (Å²) in [5, 5.41) is 0. The van der Waals surface area contributed by atoms with Gasteiger partial charge in [-0.05, 0) is 19.9 Å². The molecular weight excluding hydrogens is 184 g/mol. The summed E-state index contributed by atoms with van der Waals surface area (Å²) in [5.74, 6) is 0. The third-order valence-corrected chi connectivity index (χ3v) is 28.2. The Hall–Kier alpha value is 0.611. The topological polar surface area (TPSA) is 9.23 Å². The molecule has 11 heavy (non-hydrogen) atoms. The molecule has 66 valence electrons. The molecule has 1 aliphatic heterocycles. The smallest absolute Gasteiger partial charge is 0.153 e. The molecule has 4 heteroatoms. The Bertz CT molecular complexity index is 140. The van der Waals surface area contributed by atoms with Crippen LogP contribution in [0, 0.1) is 0 Å². The van der Waals surface area contributed by atoms with E-state index in [0.29, 0.717) is 0 Å². The minimum atomic E-state index is -0.713. The maximum absolute atomic E-state index is 6.04. The second kappa shape index (κ2) is 2.83. The Labute approximate surface area is 74.7 Å². The standard InChI is InChI=1S/C7H20OSi3/c1-7(2)6-11(4,5)9-10(3)8-7/h10H,6,9H2,1-5H3. The summed E-state index contributed by atoms with van der Waals surface area (Å²) >= 11 is 0. The van der Waals surface area contributed by atoms with Crippen molar-refractivity contribution >= 4 is 24.7 Å². The SMILES string of the molecule is C[SiH]1OC(C)(C)C[Si](C)(C)[SiH2]1. The molecular formula is C7H20OSi3. The fourth-order valence-electron chi connectivity index (χ4n) is 2.63. The van der Waals surface area contributed by atoms with Gasteiger partial charge in [-0.15, -0.1) is 0 Å².